The van der Waals surface area contributed by atoms with E-state index < -0.39 is 0 Å². The first-order valence-corrected chi connectivity index (χ1v) is 6.63. The number of imidazole rings is 1. The number of para-hydroxylation sites is 2. The highest BCUT2D eigenvalue weighted by Crippen LogP contribution is 2.25. The number of aromatic nitrogens is 3. The number of hydrogen-bond acceptors (Lipinski definition) is 2. The van der Waals surface area contributed by atoms with Crippen LogP contribution in [-0.2, 0) is 0 Å². The van der Waals surface area contributed by atoms with E-state index in [2.05, 4.69) is 39.5 Å². The maximum atomic E-state index is 4.56. The normalized spacial score (nSPS) is 11.2. The summed E-state index contributed by atoms with van der Waals surface area (Å²) in [6.07, 6.45) is 1.91. The van der Waals surface area contributed by atoms with Gasteiger partial charge in [0.25, 0.3) is 0 Å². The molecule has 3 heteroatoms. The molecule has 3 nitrogen and oxygen atoms in total. The first-order chi connectivity index (χ1) is 9.84. The van der Waals surface area contributed by atoms with Crippen LogP contribution < -0.4 is 0 Å². The summed E-state index contributed by atoms with van der Waals surface area (Å²) in [6.45, 7) is 2.12. The van der Waals surface area contributed by atoms with Crippen molar-refractivity contribution in [3.63, 3.8) is 0 Å². The lowest BCUT2D eigenvalue weighted by Gasteiger charge is -2.08. The number of rotatable bonds is 1. The summed E-state index contributed by atoms with van der Waals surface area (Å²) >= 11 is 0. The summed E-state index contributed by atoms with van der Waals surface area (Å²) in [7, 11) is 0. The highest BCUT2D eigenvalue weighted by molar-refractivity contribution is 5.81. The molecule has 0 aliphatic carbocycles. The minimum absolute atomic E-state index is 0.753. The van der Waals surface area contributed by atoms with Gasteiger partial charge in [-0.3, -0.25) is 4.40 Å². The van der Waals surface area contributed by atoms with Crippen molar-refractivity contribution in [2.24, 2.45) is 0 Å². The van der Waals surface area contributed by atoms with Gasteiger partial charge in [-0.1, -0.05) is 42.5 Å². The van der Waals surface area contributed by atoms with Crippen LogP contribution in [0.2, 0.25) is 0 Å². The van der Waals surface area contributed by atoms with E-state index in [4.69, 9.17) is 0 Å². The first kappa shape index (κ1) is 11.2. The van der Waals surface area contributed by atoms with Gasteiger partial charge in [-0.25, -0.2) is 9.97 Å². The second kappa shape index (κ2) is 4.17. The number of hydrogen-bond donors (Lipinski definition) is 0. The van der Waals surface area contributed by atoms with E-state index in [0.717, 1.165) is 28.1 Å². The molecule has 2 aromatic heterocycles. The smallest absolute Gasteiger partial charge is 0.235 e. The Morgan fingerprint density at radius 1 is 0.900 bits per heavy atom. The van der Waals surface area contributed by atoms with Crippen molar-refractivity contribution in [1.82, 2.24) is 14.4 Å². The van der Waals surface area contributed by atoms with Crippen LogP contribution in [0.25, 0.3) is 27.9 Å². The second-order valence-corrected chi connectivity index (χ2v) is 4.86. The first-order valence-electron chi connectivity index (χ1n) is 6.63. The third kappa shape index (κ3) is 1.53. The van der Waals surface area contributed by atoms with Crippen LogP contribution in [0.15, 0.2) is 60.8 Å². The molecule has 0 unspecified atom stereocenters. The van der Waals surface area contributed by atoms with Crippen LogP contribution in [0.5, 0.6) is 0 Å². The monoisotopic (exact) mass is 259 g/mol. The predicted octanol–water partition coefficient (Wildman–Crippen LogP) is 3.86. The van der Waals surface area contributed by atoms with E-state index >= 15 is 0 Å². The van der Waals surface area contributed by atoms with Crippen LogP contribution in [0.4, 0.5) is 0 Å². The summed E-state index contributed by atoms with van der Waals surface area (Å²) in [4.78, 5) is 9.07. The molecular formula is C17H13N3. The molecule has 0 aliphatic rings. The van der Waals surface area contributed by atoms with E-state index in [1.807, 2.05) is 42.6 Å². The van der Waals surface area contributed by atoms with Gasteiger partial charge in [0.05, 0.1) is 11.0 Å². The van der Waals surface area contributed by atoms with Crippen molar-refractivity contribution in [2.45, 2.75) is 6.92 Å². The van der Waals surface area contributed by atoms with Crippen LogP contribution in [0.3, 0.4) is 0 Å². The Balaban J connectivity index is 2.10. The lowest BCUT2D eigenvalue weighted by atomic mass is 10.1. The molecule has 0 bridgehead atoms. The largest absolute Gasteiger partial charge is 0.280 e. The molecule has 0 fully saturated rings. The number of nitrogens with zero attached hydrogens (tertiary/aromatic N) is 3. The molecular weight excluding hydrogens is 246 g/mol. The van der Waals surface area contributed by atoms with Gasteiger partial charge in [0, 0.05) is 17.5 Å². The molecule has 0 radical (unpaired) electrons. The Hall–Kier alpha value is -2.68. The standard InChI is InChI=1S/C17H13N3/c1-12-14(13-7-3-2-4-8-13)11-18-17-19-15-9-5-6-10-16(15)20(12)17/h2-11H,1H3. The number of fused-ring (bicyclic) bond motifs is 3. The van der Waals surface area contributed by atoms with Crippen LogP contribution in [0.1, 0.15) is 5.69 Å². The van der Waals surface area contributed by atoms with E-state index in [9.17, 15) is 0 Å². The molecule has 2 aromatic carbocycles. The van der Waals surface area contributed by atoms with Crippen molar-refractivity contribution in [3.8, 4) is 11.1 Å². The second-order valence-electron chi connectivity index (χ2n) is 4.86. The van der Waals surface area contributed by atoms with E-state index in [1.54, 1.807) is 0 Å². The van der Waals surface area contributed by atoms with Crippen LogP contribution in [-0.4, -0.2) is 14.4 Å². The molecule has 0 aliphatic heterocycles. The molecule has 0 spiro atoms. The molecule has 4 aromatic rings. The Bertz CT molecular complexity index is 907. The highest BCUT2D eigenvalue weighted by Gasteiger charge is 2.11. The molecule has 0 N–H and O–H groups in total. The Morgan fingerprint density at radius 2 is 1.65 bits per heavy atom. The van der Waals surface area contributed by atoms with Crippen molar-refractivity contribution in [2.75, 3.05) is 0 Å². The summed E-state index contributed by atoms with van der Waals surface area (Å²) in [6, 6.07) is 18.5. The van der Waals surface area contributed by atoms with Crippen molar-refractivity contribution >= 4 is 16.8 Å². The summed E-state index contributed by atoms with van der Waals surface area (Å²) in [5.74, 6) is 0.753. The van der Waals surface area contributed by atoms with Gasteiger partial charge in [-0.2, -0.15) is 0 Å². The van der Waals surface area contributed by atoms with Gasteiger partial charge in [-0.15, -0.1) is 0 Å². The lowest BCUT2D eigenvalue weighted by Crippen LogP contribution is -1.97. The minimum atomic E-state index is 0.753. The van der Waals surface area contributed by atoms with E-state index in [1.165, 1.54) is 5.56 Å². The van der Waals surface area contributed by atoms with E-state index in [0.29, 0.717) is 0 Å². The van der Waals surface area contributed by atoms with Crippen molar-refractivity contribution < 1.29 is 0 Å². The zero-order chi connectivity index (χ0) is 13.5. The Morgan fingerprint density at radius 3 is 2.50 bits per heavy atom. The van der Waals surface area contributed by atoms with Gasteiger partial charge in [0.15, 0.2) is 0 Å². The van der Waals surface area contributed by atoms with Gasteiger partial charge in [0.2, 0.25) is 5.78 Å². The average molecular weight is 259 g/mol. The summed E-state index contributed by atoms with van der Waals surface area (Å²) < 4.78 is 2.12. The zero-order valence-electron chi connectivity index (χ0n) is 11.1. The quantitative estimate of drug-likeness (QED) is 0.519. The van der Waals surface area contributed by atoms with E-state index in [-0.39, 0.29) is 0 Å². The molecule has 4 rings (SSSR count). The summed E-state index contributed by atoms with van der Waals surface area (Å²) in [5.41, 5.74) is 5.56. The predicted molar refractivity (Wildman–Crippen MR) is 80.7 cm³/mol. The fourth-order valence-electron chi connectivity index (χ4n) is 2.67. The van der Waals surface area contributed by atoms with Crippen molar-refractivity contribution in [3.05, 3.63) is 66.5 Å². The van der Waals surface area contributed by atoms with Crippen molar-refractivity contribution in [1.29, 1.82) is 0 Å². The van der Waals surface area contributed by atoms with Gasteiger partial charge in [0.1, 0.15) is 0 Å². The molecule has 0 saturated heterocycles. The maximum Gasteiger partial charge on any atom is 0.235 e. The average Bonchev–Trinajstić information content (AvgIpc) is 2.88. The molecule has 0 atom stereocenters. The number of benzene rings is 2. The van der Waals surface area contributed by atoms with Gasteiger partial charge >= 0.3 is 0 Å². The van der Waals surface area contributed by atoms with Gasteiger partial charge in [-0.05, 0) is 24.6 Å². The molecule has 20 heavy (non-hydrogen) atoms. The SMILES string of the molecule is Cc1c(-c2ccccc2)cnc2nc3ccccc3n12. The zero-order valence-corrected chi connectivity index (χ0v) is 11.1. The maximum absolute atomic E-state index is 4.56. The van der Waals surface area contributed by atoms with Crippen LogP contribution >= 0.6 is 0 Å². The third-order valence-corrected chi connectivity index (χ3v) is 3.66. The molecule has 0 amide bonds. The third-order valence-electron chi connectivity index (χ3n) is 3.66. The summed E-state index contributed by atoms with van der Waals surface area (Å²) in [5, 5.41) is 0. The fraction of sp³-hybridized carbons (Fsp3) is 0.0588. The topological polar surface area (TPSA) is 30.2 Å². The highest BCUT2D eigenvalue weighted by atomic mass is 15.1. The molecule has 0 saturated carbocycles. The van der Waals surface area contributed by atoms with Crippen LogP contribution in [0, 0.1) is 6.92 Å². The lowest BCUT2D eigenvalue weighted by molar-refractivity contribution is 1.07. The Kier molecular flexibility index (Phi) is 2.33. The number of aryl methyl sites for hydroxylation is 1. The molecule has 2 heterocycles. The minimum Gasteiger partial charge on any atom is -0.280 e. The molecule has 96 valence electrons. The van der Waals surface area contributed by atoms with Gasteiger partial charge < -0.3 is 0 Å². The fourth-order valence-corrected chi connectivity index (χ4v) is 2.67. The Labute approximate surface area is 116 Å².